The summed E-state index contributed by atoms with van der Waals surface area (Å²) in [7, 11) is 0. The molecule has 0 atom stereocenters. The quantitative estimate of drug-likeness (QED) is 0.707. The Morgan fingerprint density at radius 2 is 1.86 bits per heavy atom. The average Bonchev–Trinajstić information content (AvgIpc) is 3.12. The zero-order valence-electron chi connectivity index (χ0n) is 16.3. The lowest BCUT2D eigenvalue weighted by molar-refractivity contribution is -0.123. The number of aryl methyl sites for hydroxylation is 2. The first-order chi connectivity index (χ1) is 13.6. The summed E-state index contributed by atoms with van der Waals surface area (Å²) in [5.74, 6) is 0.754. The molecule has 4 rings (SSSR count). The number of nitrogens with one attached hydrogen (secondary N) is 1. The summed E-state index contributed by atoms with van der Waals surface area (Å²) >= 11 is 1.73. The number of hydrogen-bond donors (Lipinski definition) is 1. The fourth-order valence-corrected chi connectivity index (χ4v) is 4.66. The molecule has 1 amide bonds. The second kappa shape index (κ2) is 8.19. The molecule has 2 aromatic carbocycles. The first-order valence-electron chi connectivity index (χ1n) is 9.69. The molecule has 0 aliphatic carbocycles. The van der Waals surface area contributed by atoms with Crippen LogP contribution in [-0.4, -0.2) is 36.6 Å². The summed E-state index contributed by atoms with van der Waals surface area (Å²) in [5.41, 5.74) is 3.16. The number of nitrogens with zero attached hydrogens (tertiary/aromatic N) is 2. The van der Waals surface area contributed by atoms with Crippen LogP contribution in [0.1, 0.15) is 24.0 Å². The van der Waals surface area contributed by atoms with E-state index in [-0.39, 0.29) is 18.6 Å². The molecule has 1 aliphatic heterocycles. The second-order valence-electron chi connectivity index (χ2n) is 7.30. The lowest BCUT2D eigenvalue weighted by atomic mass is 10.1. The van der Waals surface area contributed by atoms with Crippen molar-refractivity contribution in [3.63, 3.8) is 0 Å². The fourth-order valence-electron chi connectivity index (χ4n) is 3.64. The predicted molar refractivity (Wildman–Crippen MR) is 114 cm³/mol. The van der Waals surface area contributed by atoms with E-state index in [4.69, 9.17) is 9.72 Å². The Balaban J connectivity index is 1.27. The van der Waals surface area contributed by atoms with Crippen LogP contribution in [0.25, 0.3) is 10.2 Å². The normalized spacial score (nSPS) is 15.0. The number of piperidine rings is 1. The van der Waals surface area contributed by atoms with E-state index in [0.29, 0.717) is 0 Å². The highest BCUT2D eigenvalue weighted by Gasteiger charge is 2.23. The van der Waals surface area contributed by atoms with Crippen molar-refractivity contribution in [3.05, 3.63) is 53.6 Å². The van der Waals surface area contributed by atoms with Gasteiger partial charge in [0.1, 0.15) is 5.75 Å². The van der Waals surface area contributed by atoms with Gasteiger partial charge in [-0.05, 0) is 49.9 Å². The standard InChI is InChI=1S/C22H25N3O2S/c1-15-6-5-7-16(2)21(15)27-14-20(26)23-17-10-12-25(13-11-17)22-24-18-8-3-4-9-19(18)28-22/h3-9,17H,10-14H2,1-2H3,(H,23,26). The van der Waals surface area contributed by atoms with E-state index in [2.05, 4.69) is 22.3 Å². The highest BCUT2D eigenvalue weighted by Crippen LogP contribution is 2.30. The molecule has 1 aromatic heterocycles. The maximum atomic E-state index is 12.3. The third-order valence-electron chi connectivity index (χ3n) is 5.17. The van der Waals surface area contributed by atoms with Crippen LogP contribution in [0.15, 0.2) is 42.5 Å². The van der Waals surface area contributed by atoms with Gasteiger partial charge in [0.2, 0.25) is 0 Å². The van der Waals surface area contributed by atoms with E-state index in [9.17, 15) is 4.79 Å². The van der Waals surface area contributed by atoms with Gasteiger partial charge in [-0.2, -0.15) is 0 Å². The first kappa shape index (κ1) is 18.7. The molecular weight excluding hydrogens is 370 g/mol. The van der Waals surface area contributed by atoms with Gasteiger partial charge in [-0.15, -0.1) is 0 Å². The summed E-state index contributed by atoms with van der Waals surface area (Å²) in [6, 6.07) is 14.4. The van der Waals surface area contributed by atoms with Crippen LogP contribution in [0.5, 0.6) is 5.75 Å². The van der Waals surface area contributed by atoms with E-state index in [0.717, 1.165) is 53.5 Å². The Morgan fingerprint density at radius 1 is 1.14 bits per heavy atom. The van der Waals surface area contributed by atoms with Gasteiger partial charge < -0.3 is 15.0 Å². The number of rotatable bonds is 5. The van der Waals surface area contributed by atoms with Crippen molar-refractivity contribution in [1.82, 2.24) is 10.3 Å². The number of ether oxygens (including phenoxy) is 1. The lowest BCUT2D eigenvalue weighted by Crippen LogP contribution is -2.46. The minimum Gasteiger partial charge on any atom is -0.483 e. The summed E-state index contributed by atoms with van der Waals surface area (Å²) in [4.78, 5) is 19.4. The number of hydrogen-bond acceptors (Lipinski definition) is 5. The van der Waals surface area contributed by atoms with Crippen molar-refractivity contribution in [1.29, 1.82) is 0 Å². The highest BCUT2D eigenvalue weighted by molar-refractivity contribution is 7.22. The topological polar surface area (TPSA) is 54.5 Å². The predicted octanol–water partition coefficient (Wildman–Crippen LogP) is 4.08. The van der Waals surface area contributed by atoms with Gasteiger partial charge in [-0.3, -0.25) is 4.79 Å². The molecule has 0 bridgehead atoms. The zero-order valence-corrected chi connectivity index (χ0v) is 17.1. The third-order valence-corrected chi connectivity index (χ3v) is 6.27. The Kier molecular flexibility index (Phi) is 5.48. The summed E-state index contributed by atoms with van der Waals surface area (Å²) in [6.45, 7) is 5.87. The van der Waals surface area contributed by atoms with Gasteiger partial charge in [0.25, 0.3) is 5.91 Å². The minimum absolute atomic E-state index is 0.0545. The molecular formula is C22H25N3O2S. The largest absolute Gasteiger partial charge is 0.483 e. The van der Waals surface area contributed by atoms with Crippen molar-refractivity contribution < 1.29 is 9.53 Å². The van der Waals surface area contributed by atoms with Crippen molar-refractivity contribution in [2.45, 2.75) is 32.7 Å². The van der Waals surface area contributed by atoms with Crippen LogP contribution in [0, 0.1) is 13.8 Å². The lowest BCUT2D eigenvalue weighted by Gasteiger charge is -2.32. The van der Waals surface area contributed by atoms with Gasteiger partial charge in [0.15, 0.2) is 11.7 Å². The Morgan fingerprint density at radius 3 is 2.57 bits per heavy atom. The number of aromatic nitrogens is 1. The smallest absolute Gasteiger partial charge is 0.258 e. The molecule has 1 aliphatic rings. The number of para-hydroxylation sites is 2. The number of thiazole rings is 1. The molecule has 0 spiro atoms. The fraction of sp³-hybridized carbons (Fsp3) is 0.364. The number of carbonyl (C=O) groups is 1. The van der Waals surface area contributed by atoms with Crippen molar-refractivity contribution in [3.8, 4) is 5.75 Å². The third kappa shape index (κ3) is 4.12. The van der Waals surface area contributed by atoms with Crippen molar-refractivity contribution in [2.24, 2.45) is 0 Å². The second-order valence-corrected chi connectivity index (χ2v) is 8.31. The zero-order chi connectivity index (χ0) is 19.5. The van der Waals surface area contributed by atoms with E-state index in [1.807, 2.05) is 44.2 Å². The van der Waals surface area contributed by atoms with Crippen LogP contribution >= 0.6 is 11.3 Å². The van der Waals surface area contributed by atoms with Crippen LogP contribution in [0.4, 0.5) is 5.13 Å². The number of amides is 1. The summed E-state index contributed by atoms with van der Waals surface area (Å²) < 4.78 is 6.98. The van der Waals surface area contributed by atoms with Crippen LogP contribution < -0.4 is 15.0 Å². The van der Waals surface area contributed by atoms with Crippen LogP contribution in [0.2, 0.25) is 0 Å². The molecule has 2 heterocycles. The average molecular weight is 396 g/mol. The molecule has 1 N–H and O–H groups in total. The number of benzene rings is 2. The molecule has 6 heteroatoms. The monoisotopic (exact) mass is 395 g/mol. The van der Waals surface area contributed by atoms with Gasteiger partial charge >= 0.3 is 0 Å². The minimum atomic E-state index is -0.0545. The van der Waals surface area contributed by atoms with Crippen molar-refractivity contribution in [2.75, 3.05) is 24.6 Å². The molecule has 28 heavy (non-hydrogen) atoms. The molecule has 146 valence electrons. The van der Waals surface area contributed by atoms with E-state index in [1.165, 1.54) is 4.70 Å². The summed E-state index contributed by atoms with van der Waals surface area (Å²) in [6.07, 6.45) is 1.84. The molecule has 0 saturated carbocycles. The Bertz CT molecular complexity index is 924. The number of fused-ring (bicyclic) bond motifs is 1. The molecule has 3 aromatic rings. The first-order valence-corrected chi connectivity index (χ1v) is 10.5. The van der Waals surface area contributed by atoms with Gasteiger partial charge in [-0.25, -0.2) is 4.98 Å². The maximum Gasteiger partial charge on any atom is 0.258 e. The number of carbonyl (C=O) groups excluding carboxylic acids is 1. The van der Waals surface area contributed by atoms with Gasteiger partial charge in [0.05, 0.1) is 10.2 Å². The molecule has 0 radical (unpaired) electrons. The van der Waals surface area contributed by atoms with Crippen LogP contribution in [-0.2, 0) is 4.79 Å². The number of anilines is 1. The molecule has 0 unspecified atom stereocenters. The highest BCUT2D eigenvalue weighted by atomic mass is 32.1. The van der Waals surface area contributed by atoms with Gasteiger partial charge in [-0.1, -0.05) is 41.7 Å². The van der Waals surface area contributed by atoms with E-state index >= 15 is 0 Å². The molecule has 5 nitrogen and oxygen atoms in total. The maximum absolute atomic E-state index is 12.3. The SMILES string of the molecule is Cc1cccc(C)c1OCC(=O)NC1CCN(c2nc3ccccc3s2)CC1. The van der Waals surface area contributed by atoms with Gasteiger partial charge in [0, 0.05) is 19.1 Å². The van der Waals surface area contributed by atoms with Crippen LogP contribution in [0.3, 0.4) is 0 Å². The van der Waals surface area contributed by atoms with Crippen molar-refractivity contribution >= 4 is 32.6 Å². The molecule has 1 fully saturated rings. The van der Waals surface area contributed by atoms with E-state index < -0.39 is 0 Å². The Hall–Kier alpha value is -2.60. The van der Waals surface area contributed by atoms with E-state index in [1.54, 1.807) is 11.3 Å². The Labute approximate surface area is 169 Å². The molecule has 1 saturated heterocycles. The summed E-state index contributed by atoms with van der Waals surface area (Å²) in [5, 5.41) is 4.19.